The Kier molecular flexibility index (Phi) is 3.10. The van der Waals surface area contributed by atoms with Crippen LogP contribution >= 0.6 is 0 Å². The van der Waals surface area contributed by atoms with Gasteiger partial charge in [-0.05, 0) is 56.9 Å². The highest BCUT2D eigenvalue weighted by atomic mass is 19.4. The van der Waals surface area contributed by atoms with Gasteiger partial charge in [0.1, 0.15) is 0 Å². The summed E-state index contributed by atoms with van der Waals surface area (Å²) in [6, 6.07) is 3.27. The number of halogens is 3. The molecular weight excluding hydrogens is 213 g/mol. The Morgan fingerprint density at radius 2 is 1.25 bits per heavy atom. The van der Waals surface area contributed by atoms with Crippen LogP contribution in [0.1, 0.15) is 36.1 Å². The Labute approximate surface area is 94.5 Å². The lowest BCUT2D eigenvalue weighted by atomic mass is 9.81. The van der Waals surface area contributed by atoms with Crippen LogP contribution in [0.4, 0.5) is 13.2 Å². The molecule has 0 N–H and O–H groups in total. The zero-order valence-electron chi connectivity index (χ0n) is 10.3. The van der Waals surface area contributed by atoms with E-state index in [1.54, 1.807) is 12.1 Å². The largest absolute Gasteiger partial charge is 0.397 e. The summed E-state index contributed by atoms with van der Waals surface area (Å²) in [5, 5.41) is 0. The van der Waals surface area contributed by atoms with E-state index >= 15 is 0 Å². The summed E-state index contributed by atoms with van der Waals surface area (Å²) in [5.74, 6) is 0. The molecule has 0 aromatic heterocycles. The Bertz CT molecular complexity index is 377. The van der Waals surface area contributed by atoms with Crippen molar-refractivity contribution in [1.82, 2.24) is 0 Å². The molecule has 0 spiro atoms. The molecule has 1 rings (SSSR count). The van der Waals surface area contributed by atoms with Gasteiger partial charge in [0.15, 0.2) is 0 Å². The fraction of sp³-hybridized carbons (Fsp3) is 0.538. The molecule has 0 aliphatic rings. The molecule has 0 atom stereocenters. The Hall–Kier alpha value is -0.990. The van der Waals surface area contributed by atoms with Gasteiger partial charge in [-0.25, -0.2) is 0 Å². The van der Waals surface area contributed by atoms with Gasteiger partial charge in [0.05, 0.1) is 5.41 Å². The zero-order valence-corrected chi connectivity index (χ0v) is 10.3. The van der Waals surface area contributed by atoms with Crippen LogP contribution in [0.2, 0.25) is 0 Å². The van der Waals surface area contributed by atoms with Crippen molar-refractivity contribution in [2.45, 2.75) is 46.2 Å². The highest BCUT2D eigenvalue weighted by Gasteiger charge is 2.48. The minimum absolute atomic E-state index is 0.334. The minimum Gasteiger partial charge on any atom is -0.170 e. The van der Waals surface area contributed by atoms with E-state index in [1.807, 2.05) is 20.8 Å². The second-order valence-corrected chi connectivity index (χ2v) is 4.86. The van der Waals surface area contributed by atoms with Gasteiger partial charge in [0, 0.05) is 0 Å². The first kappa shape index (κ1) is 13.1. The molecular formula is C13H17F3. The maximum Gasteiger partial charge on any atom is 0.397 e. The zero-order chi connectivity index (χ0) is 12.7. The number of rotatable bonds is 1. The first-order valence-corrected chi connectivity index (χ1v) is 5.22. The van der Waals surface area contributed by atoms with Gasteiger partial charge in [-0.15, -0.1) is 0 Å². The summed E-state index contributed by atoms with van der Waals surface area (Å²) >= 11 is 0. The average Bonchev–Trinajstić information content (AvgIpc) is 2.11. The fourth-order valence-electron chi connectivity index (χ4n) is 1.56. The Balaban J connectivity index is 3.35. The third-order valence-electron chi connectivity index (χ3n) is 3.36. The van der Waals surface area contributed by atoms with Crippen molar-refractivity contribution in [1.29, 1.82) is 0 Å². The quantitative estimate of drug-likeness (QED) is 0.668. The molecule has 0 aliphatic carbocycles. The molecule has 0 saturated carbocycles. The number of hydrogen-bond acceptors (Lipinski definition) is 0. The van der Waals surface area contributed by atoms with Crippen LogP contribution in [0.5, 0.6) is 0 Å². The topological polar surface area (TPSA) is 0 Å². The van der Waals surface area contributed by atoms with Crippen molar-refractivity contribution in [3.63, 3.8) is 0 Å². The number of hydrogen-bond donors (Lipinski definition) is 0. The molecule has 1 aromatic rings. The summed E-state index contributed by atoms with van der Waals surface area (Å²) in [5.41, 5.74) is 1.41. The number of alkyl halides is 3. The molecule has 1 aromatic carbocycles. The summed E-state index contributed by atoms with van der Waals surface area (Å²) in [6.45, 7) is 8.05. The van der Waals surface area contributed by atoms with Gasteiger partial charge in [0.2, 0.25) is 0 Å². The van der Waals surface area contributed by atoms with E-state index in [9.17, 15) is 13.2 Å². The SMILES string of the molecule is Cc1cc(C(C)(C)C(F)(F)F)cc(C)c1C. The molecule has 0 amide bonds. The van der Waals surface area contributed by atoms with Gasteiger partial charge in [-0.2, -0.15) is 13.2 Å². The number of benzene rings is 1. The van der Waals surface area contributed by atoms with Crippen molar-refractivity contribution < 1.29 is 13.2 Å². The van der Waals surface area contributed by atoms with E-state index in [2.05, 4.69) is 0 Å². The van der Waals surface area contributed by atoms with E-state index < -0.39 is 11.6 Å². The van der Waals surface area contributed by atoms with E-state index in [-0.39, 0.29) is 0 Å². The summed E-state index contributed by atoms with van der Waals surface area (Å²) in [6.07, 6.45) is -4.22. The number of aryl methyl sites for hydroxylation is 2. The highest BCUT2D eigenvalue weighted by Crippen LogP contribution is 2.41. The normalized spacial score (nSPS) is 13.0. The molecule has 16 heavy (non-hydrogen) atoms. The summed E-state index contributed by atoms with van der Waals surface area (Å²) in [7, 11) is 0. The van der Waals surface area contributed by atoms with E-state index in [4.69, 9.17) is 0 Å². The van der Waals surface area contributed by atoms with Gasteiger partial charge in [-0.3, -0.25) is 0 Å². The van der Waals surface area contributed by atoms with Gasteiger partial charge < -0.3 is 0 Å². The van der Waals surface area contributed by atoms with E-state index in [0.717, 1.165) is 16.7 Å². The lowest BCUT2D eigenvalue weighted by Gasteiger charge is -2.29. The van der Waals surface area contributed by atoms with Crippen molar-refractivity contribution in [2.24, 2.45) is 0 Å². The smallest absolute Gasteiger partial charge is 0.170 e. The second kappa shape index (κ2) is 3.79. The highest BCUT2D eigenvalue weighted by molar-refractivity contribution is 5.40. The van der Waals surface area contributed by atoms with Crippen LogP contribution < -0.4 is 0 Å². The first-order valence-electron chi connectivity index (χ1n) is 5.22. The maximum absolute atomic E-state index is 12.9. The molecule has 0 aliphatic heterocycles. The van der Waals surface area contributed by atoms with E-state index in [0.29, 0.717) is 5.56 Å². The van der Waals surface area contributed by atoms with Gasteiger partial charge in [0.25, 0.3) is 0 Å². The molecule has 0 fully saturated rings. The van der Waals surface area contributed by atoms with Crippen LogP contribution in [-0.4, -0.2) is 6.18 Å². The molecule has 0 unspecified atom stereocenters. The van der Waals surface area contributed by atoms with Crippen LogP contribution in [0.3, 0.4) is 0 Å². The monoisotopic (exact) mass is 230 g/mol. The lowest BCUT2D eigenvalue weighted by Crippen LogP contribution is -2.36. The lowest BCUT2D eigenvalue weighted by molar-refractivity contribution is -0.180. The summed E-state index contributed by atoms with van der Waals surface area (Å²) < 4.78 is 38.6. The average molecular weight is 230 g/mol. The molecule has 0 saturated heterocycles. The third-order valence-corrected chi connectivity index (χ3v) is 3.36. The third kappa shape index (κ3) is 2.08. The van der Waals surface area contributed by atoms with E-state index in [1.165, 1.54) is 13.8 Å². The molecule has 3 heteroatoms. The molecule has 0 nitrogen and oxygen atoms in total. The van der Waals surface area contributed by atoms with Crippen molar-refractivity contribution >= 4 is 0 Å². The molecule has 0 radical (unpaired) electrons. The molecule has 0 bridgehead atoms. The Morgan fingerprint density at radius 3 is 1.56 bits per heavy atom. The molecule has 90 valence electrons. The van der Waals surface area contributed by atoms with Gasteiger partial charge >= 0.3 is 6.18 Å². The van der Waals surface area contributed by atoms with Crippen molar-refractivity contribution in [3.05, 3.63) is 34.4 Å². The van der Waals surface area contributed by atoms with Crippen molar-refractivity contribution in [2.75, 3.05) is 0 Å². The maximum atomic E-state index is 12.9. The first-order chi connectivity index (χ1) is 7.07. The van der Waals surface area contributed by atoms with Crippen LogP contribution in [-0.2, 0) is 5.41 Å². The van der Waals surface area contributed by atoms with Crippen LogP contribution in [0.25, 0.3) is 0 Å². The fourth-order valence-corrected chi connectivity index (χ4v) is 1.56. The van der Waals surface area contributed by atoms with Gasteiger partial charge in [-0.1, -0.05) is 12.1 Å². The predicted molar refractivity (Wildman–Crippen MR) is 59.7 cm³/mol. The van der Waals surface area contributed by atoms with Crippen LogP contribution in [0, 0.1) is 20.8 Å². The minimum atomic E-state index is -4.22. The standard InChI is InChI=1S/C13H17F3/c1-8-6-11(7-9(2)10(8)3)12(4,5)13(14,15)16/h6-7H,1-5H3. The van der Waals surface area contributed by atoms with Crippen molar-refractivity contribution in [3.8, 4) is 0 Å². The van der Waals surface area contributed by atoms with Crippen LogP contribution in [0.15, 0.2) is 12.1 Å². The Morgan fingerprint density at radius 1 is 0.875 bits per heavy atom. The summed E-state index contributed by atoms with van der Waals surface area (Å²) in [4.78, 5) is 0. The second-order valence-electron chi connectivity index (χ2n) is 4.86. The molecule has 0 heterocycles. The predicted octanol–water partition coefficient (Wildman–Crippen LogP) is 4.45.